The fourth-order valence-corrected chi connectivity index (χ4v) is 3.64. The summed E-state index contributed by atoms with van der Waals surface area (Å²) < 4.78 is 1.97. The molecule has 1 aliphatic carbocycles. The fourth-order valence-electron chi connectivity index (χ4n) is 3.64. The van der Waals surface area contributed by atoms with E-state index in [0.29, 0.717) is 12.0 Å². The van der Waals surface area contributed by atoms with Crippen LogP contribution in [0.1, 0.15) is 53.6 Å². The van der Waals surface area contributed by atoms with Gasteiger partial charge in [0.25, 0.3) is 0 Å². The van der Waals surface area contributed by atoms with Crippen LogP contribution in [0.3, 0.4) is 0 Å². The third kappa shape index (κ3) is 2.75. The third-order valence-corrected chi connectivity index (χ3v) is 5.01. The maximum Gasteiger partial charge on any atom is 0.0540 e. The molecule has 3 rings (SSSR count). The molecule has 2 atom stereocenters. The molecule has 1 aromatic carbocycles. The van der Waals surface area contributed by atoms with Gasteiger partial charge in [0.1, 0.15) is 0 Å². The van der Waals surface area contributed by atoms with Crippen LogP contribution < -0.4 is 5.32 Å². The molecule has 21 heavy (non-hydrogen) atoms. The van der Waals surface area contributed by atoms with E-state index >= 15 is 0 Å². The van der Waals surface area contributed by atoms with Crippen LogP contribution in [0.25, 0.3) is 0 Å². The molecule has 0 spiro atoms. The highest BCUT2D eigenvalue weighted by atomic mass is 15.3. The number of nitrogens with one attached hydrogen (secondary N) is 1. The molecule has 0 saturated heterocycles. The summed E-state index contributed by atoms with van der Waals surface area (Å²) in [5.41, 5.74) is 5.71. The quantitative estimate of drug-likeness (QED) is 0.930. The molecular formula is C18H25N3. The van der Waals surface area contributed by atoms with Gasteiger partial charge < -0.3 is 5.32 Å². The molecule has 112 valence electrons. The standard InChI is InChI=1S/C18H25N3/c1-13-17(12-20-21(13)3)18(19-2)11-15-9-6-8-14-7-4-5-10-16(14)15/h4-5,7,10,12,15,18-19H,6,8-9,11H2,1-3H3. The van der Waals surface area contributed by atoms with Crippen LogP contribution in [-0.4, -0.2) is 16.8 Å². The Balaban J connectivity index is 1.84. The van der Waals surface area contributed by atoms with Crippen molar-refractivity contribution in [2.75, 3.05) is 7.05 Å². The molecule has 0 amide bonds. The molecule has 2 unspecified atom stereocenters. The highest BCUT2D eigenvalue weighted by molar-refractivity contribution is 5.33. The van der Waals surface area contributed by atoms with Crippen molar-refractivity contribution in [2.24, 2.45) is 7.05 Å². The third-order valence-electron chi connectivity index (χ3n) is 5.01. The molecule has 0 saturated carbocycles. The summed E-state index contributed by atoms with van der Waals surface area (Å²) in [6.45, 7) is 2.15. The first-order valence-electron chi connectivity index (χ1n) is 7.94. The lowest BCUT2D eigenvalue weighted by Gasteiger charge is -2.29. The summed E-state index contributed by atoms with van der Waals surface area (Å²) in [5, 5.41) is 7.90. The largest absolute Gasteiger partial charge is 0.313 e. The topological polar surface area (TPSA) is 29.9 Å². The van der Waals surface area contributed by atoms with Crippen LogP contribution >= 0.6 is 0 Å². The second-order valence-electron chi connectivity index (χ2n) is 6.17. The predicted octanol–water partition coefficient (Wildman–Crippen LogP) is 3.50. The first-order chi connectivity index (χ1) is 10.2. The number of hydrogen-bond acceptors (Lipinski definition) is 2. The van der Waals surface area contributed by atoms with E-state index in [1.165, 1.54) is 30.5 Å². The fraction of sp³-hybridized carbons (Fsp3) is 0.500. The minimum absolute atomic E-state index is 0.384. The zero-order chi connectivity index (χ0) is 14.8. The van der Waals surface area contributed by atoms with Crippen LogP contribution in [0.2, 0.25) is 0 Å². The van der Waals surface area contributed by atoms with Crippen LogP contribution in [0.4, 0.5) is 0 Å². The van der Waals surface area contributed by atoms with Crippen LogP contribution in [0.15, 0.2) is 30.5 Å². The summed E-state index contributed by atoms with van der Waals surface area (Å²) in [4.78, 5) is 0. The van der Waals surface area contributed by atoms with E-state index in [-0.39, 0.29) is 0 Å². The van der Waals surface area contributed by atoms with Crippen LogP contribution in [0, 0.1) is 6.92 Å². The molecule has 1 aromatic heterocycles. The van der Waals surface area contributed by atoms with Crippen LogP contribution in [-0.2, 0) is 13.5 Å². The Bertz CT molecular complexity index is 615. The van der Waals surface area contributed by atoms with E-state index in [2.05, 4.69) is 48.7 Å². The first-order valence-corrected chi connectivity index (χ1v) is 7.94. The Hall–Kier alpha value is -1.61. The summed E-state index contributed by atoms with van der Waals surface area (Å²) in [5.74, 6) is 0.659. The van der Waals surface area contributed by atoms with Gasteiger partial charge in [0.2, 0.25) is 0 Å². The molecule has 0 radical (unpaired) electrons. The average Bonchev–Trinajstić information content (AvgIpc) is 2.85. The predicted molar refractivity (Wildman–Crippen MR) is 86.5 cm³/mol. The zero-order valence-corrected chi connectivity index (χ0v) is 13.3. The molecule has 0 bridgehead atoms. The highest BCUT2D eigenvalue weighted by Gasteiger charge is 2.25. The van der Waals surface area contributed by atoms with Gasteiger partial charge in [-0.2, -0.15) is 5.10 Å². The van der Waals surface area contributed by atoms with Crippen LogP contribution in [0.5, 0.6) is 0 Å². The summed E-state index contributed by atoms with van der Waals surface area (Å²) in [6.07, 6.45) is 7.02. The summed E-state index contributed by atoms with van der Waals surface area (Å²) in [6, 6.07) is 9.35. The molecule has 3 heteroatoms. The van der Waals surface area contributed by atoms with Crippen molar-refractivity contribution >= 4 is 0 Å². The lowest BCUT2D eigenvalue weighted by Crippen LogP contribution is -2.21. The number of nitrogens with zero attached hydrogens (tertiary/aromatic N) is 2. The van der Waals surface area contributed by atoms with Crippen molar-refractivity contribution in [2.45, 2.75) is 44.6 Å². The zero-order valence-electron chi connectivity index (χ0n) is 13.3. The van der Waals surface area contributed by atoms with Crippen molar-refractivity contribution in [1.82, 2.24) is 15.1 Å². The molecule has 1 heterocycles. The number of benzene rings is 1. The molecule has 0 aliphatic heterocycles. The first kappa shape index (κ1) is 14.3. The second-order valence-corrected chi connectivity index (χ2v) is 6.17. The van der Waals surface area contributed by atoms with E-state index < -0.39 is 0 Å². The number of aromatic nitrogens is 2. The number of aryl methyl sites for hydroxylation is 2. The minimum Gasteiger partial charge on any atom is -0.313 e. The van der Waals surface area contributed by atoms with Crippen molar-refractivity contribution in [3.63, 3.8) is 0 Å². The van der Waals surface area contributed by atoms with Gasteiger partial charge in [-0.1, -0.05) is 24.3 Å². The molecule has 1 aliphatic rings. The van der Waals surface area contributed by atoms with Gasteiger partial charge in [0.05, 0.1) is 6.20 Å². The summed E-state index contributed by atoms with van der Waals surface area (Å²) >= 11 is 0. The Morgan fingerprint density at radius 3 is 2.90 bits per heavy atom. The van der Waals surface area contributed by atoms with Crippen molar-refractivity contribution in [3.8, 4) is 0 Å². The molecule has 3 nitrogen and oxygen atoms in total. The van der Waals surface area contributed by atoms with E-state index in [4.69, 9.17) is 0 Å². The lowest BCUT2D eigenvalue weighted by molar-refractivity contribution is 0.438. The van der Waals surface area contributed by atoms with Crippen molar-refractivity contribution < 1.29 is 0 Å². The highest BCUT2D eigenvalue weighted by Crippen LogP contribution is 2.38. The molecule has 0 fully saturated rings. The van der Waals surface area contributed by atoms with E-state index in [1.54, 1.807) is 11.1 Å². The molecular weight excluding hydrogens is 258 g/mol. The van der Waals surface area contributed by atoms with Crippen molar-refractivity contribution in [1.29, 1.82) is 0 Å². The Morgan fingerprint density at radius 2 is 2.19 bits per heavy atom. The maximum atomic E-state index is 4.40. The average molecular weight is 283 g/mol. The van der Waals surface area contributed by atoms with Gasteiger partial charge in [0.15, 0.2) is 0 Å². The SMILES string of the molecule is CNC(CC1CCCc2ccccc21)c1cnn(C)c1C. The smallest absolute Gasteiger partial charge is 0.0540 e. The number of fused-ring (bicyclic) bond motifs is 1. The number of hydrogen-bond donors (Lipinski definition) is 1. The van der Waals surface area contributed by atoms with Gasteiger partial charge in [-0.3, -0.25) is 4.68 Å². The number of rotatable bonds is 4. The van der Waals surface area contributed by atoms with Gasteiger partial charge in [-0.05, 0) is 56.7 Å². The second kappa shape index (κ2) is 6.02. The van der Waals surface area contributed by atoms with E-state index in [9.17, 15) is 0 Å². The summed E-state index contributed by atoms with van der Waals surface area (Å²) in [7, 11) is 4.08. The van der Waals surface area contributed by atoms with Gasteiger partial charge >= 0.3 is 0 Å². The maximum absolute atomic E-state index is 4.40. The molecule has 2 aromatic rings. The minimum atomic E-state index is 0.384. The van der Waals surface area contributed by atoms with E-state index in [1.807, 2.05) is 17.9 Å². The Labute approximate surface area is 127 Å². The molecule has 1 N–H and O–H groups in total. The Morgan fingerprint density at radius 1 is 1.38 bits per heavy atom. The Kier molecular flexibility index (Phi) is 4.11. The van der Waals surface area contributed by atoms with Gasteiger partial charge in [0, 0.05) is 24.3 Å². The lowest BCUT2D eigenvalue weighted by atomic mass is 9.79. The normalized spacial score (nSPS) is 19.3. The monoisotopic (exact) mass is 283 g/mol. The van der Waals surface area contributed by atoms with Crippen molar-refractivity contribution in [3.05, 3.63) is 52.8 Å². The van der Waals surface area contributed by atoms with E-state index in [0.717, 1.165) is 6.42 Å². The van der Waals surface area contributed by atoms with Gasteiger partial charge in [-0.25, -0.2) is 0 Å². The van der Waals surface area contributed by atoms with Gasteiger partial charge in [-0.15, -0.1) is 0 Å².